The number of carbonyl (C=O) groups is 2. The molecule has 3 rings (SSSR count). The van der Waals surface area contributed by atoms with Crippen molar-refractivity contribution in [1.29, 1.82) is 0 Å². The first kappa shape index (κ1) is 19.4. The van der Waals surface area contributed by atoms with E-state index in [9.17, 15) is 9.59 Å². The second-order valence-electron chi connectivity index (χ2n) is 7.02. The smallest absolute Gasteiger partial charge is 0.272 e. The van der Waals surface area contributed by atoms with Gasteiger partial charge in [0.2, 0.25) is 0 Å². The van der Waals surface area contributed by atoms with Crippen molar-refractivity contribution in [3.63, 3.8) is 0 Å². The molecule has 1 saturated heterocycles. The summed E-state index contributed by atoms with van der Waals surface area (Å²) >= 11 is 5.97. The fourth-order valence-electron chi connectivity index (χ4n) is 3.16. The quantitative estimate of drug-likeness (QED) is 0.855. The molecule has 0 spiro atoms. The Kier molecular flexibility index (Phi) is 6.45. The summed E-state index contributed by atoms with van der Waals surface area (Å²) in [5.41, 5.74) is 1.64. The molecule has 2 heterocycles. The van der Waals surface area contributed by atoms with Gasteiger partial charge >= 0.3 is 0 Å². The average Bonchev–Trinajstić information content (AvgIpc) is 2.68. The van der Waals surface area contributed by atoms with Crippen LogP contribution in [0.15, 0.2) is 42.5 Å². The number of pyridine rings is 1. The third-order valence-corrected chi connectivity index (χ3v) is 5.10. The number of halogens is 1. The van der Waals surface area contributed by atoms with Gasteiger partial charge in [-0.15, -0.1) is 0 Å². The predicted molar refractivity (Wildman–Crippen MR) is 106 cm³/mol. The maximum Gasteiger partial charge on any atom is 0.272 e. The Morgan fingerprint density at radius 1 is 1.15 bits per heavy atom. The molecule has 2 aromatic rings. The first-order valence-corrected chi connectivity index (χ1v) is 9.69. The van der Waals surface area contributed by atoms with Gasteiger partial charge in [0.1, 0.15) is 11.4 Å². The molecule has 2 amide bonds. The van der Waals surface area contributed by atoms with E-state index >= 15 is 0 Å². The fraction of sp³-hybridized carbons (Fsp3) is 0.381. The monoisotopic (exact) mass is 385 g/mol. The van der Waals surface area contributed by atoms with Gasteiger partial charge in [0.15, 0.2) is 0 Å². The molecule has 0 aliphatic carbocycles. The maximum absolute atomic E-state index is 12.6. The van der Waals surface area contributed by atoms with Gasteiger partial charge in [0.25, 0.3) is 11.8 Å². The van der Waals surface area contributed by atoms with Crippen LogP contribution < -0.4 is 5.32 Å². The number of likely N-dealkylation sites (tertiary alicyclic amines) is 1. The predicted octanol–water partition coefficient (Wildman–Crippen LogP) is 3.58. The summed E-state index contributed by atoms with van der Waals surface area (Å²) in [7, 11) is 0. The molecule has 1 aromatic heterocycles. The number of carbonyl (C=O) groups excluding carboxylic acids is 2. The summed E-state index contributed by atoms with van der Waals surface area (Å²) in [5, 5.41) is 3.53. The van der Waals surface area contributed by atoms with Gasteiger partial charge in [-0.05, 0) is 55.0 Å². The maximum atomic E-state index is 12.6. The molecular weight excluding hydrogens is 362 g/mol. The molecule has 5 nitrogen and oxygen atoms in total. The number of hydrogen-bond acceptors (Lipinski definition) is 3. The second kappa shape index (κ2) is 9.00. The molecule has 1 aliphatic heterocycles. The van der Waals surface area contributed by atoms with Gasteiger partial charge in [0, 0.05) is 24.7 Å². The largest absolute Gasteiger partial charge is 0.350 e. The van der Waals surface area contributed by atoms with E-state index in [2.05, 4.69) is 17.2 Å². The summed E-state index contributed by atoms with van der Waals surface area (Å²) < 4.78 is 0. The highest BCUT2D eigenvalue weighted by Gasteiger charge is 2.22. The summed E-state index contributed by atoms with van der Waals surface area (Å²) in [6.45, 7) is 4.17. The van der Waals surface area contributed by atoms with E-state index in [1.165, 1.54) is 0 Å². The third kappa shape index (κ3) is 5.30. The molecule has 0 bridgehead atoms. The Hall–Kier alpha value is -2.40. The third-order valence-electron chi connectivity index (χ3n) is 4.86. The fourth-order valence-corrected chi connectivity index (χ4v) is 3.37. The lowest BCUT2D eigenvalue weighted by Gasteiger charge is -2.30. The molecule has 1 aliphatic rings. The molecule has 142 valence electrons. The second-order valence-corrected chi connectivity index (χ2v) is 7.46. The Bertz CT molecular complexity index is 817. The Labute approximate surface area is 164 Å². The minimum atomic E-state index is -0.279. The number of benzene rings is 1. The lowest BCUT2D eigenvalue weighted by molar-refractivity contribution is 0.0691. The van der Waals surface area contributed by atoms with Crippen molar-refractivity contribution in [3.05, 3.63) is 64.4 Å². The number of nitrogens with one attached hydrogen (secondary N) is 1. The molecule has 0 radical (unpaired) electrons. The van der Waals surface area contributed by atoms with Crippen LogP contribution >= 0.6 is 11.6 Å². The number of rotatable bonds is 5. The summed E-state index contributed by atoms with van der Waals surface area (Å²) in [6.07, 6.45) is 2.70. The van der Waals surface area contributed by atoms with Crippen LogP contribution in [0.2, 0.25) is 5.02 Å². The van der Waals surface area contributed by atoms with Crippen LogP contribution in [-0.4, -0.2) is 41.3 Å². The zero-order chi connectivity index (χ0) is 19.2. The lowest BCUT2D eigenvalue weighted by atomic mass is 9.99. The molecule has 0 saturated carbocycles. The first-order valence-electron chi connectivity index (χ1n) is 9.32. The normalized spacial score (nSPS) is 14.8. The molecule has 27 heavy (non-hydrogen) atoms. The van der Waals surface area contributed by atoms with Crippen LogP contribution in [-0.2, 0) is 6.42 Å². The Morgan fingerprint density at radius 2 is 1.85 bits per heavy atom. The van der Waals surface area contributed by atoms with E-state index in [0.717, 1.165) is 31.5 Å². The minimum Gasteiger partial charge on any atom is -0.350 e. The topological polar surface area (TPSA) is 62.3 Å². The van der Waals surface area contributed by atoms with Gasteiger partial charge in [-0.25, -0.2) is 4.98 Å². The lowest BCUT2D eigenvalue weighted by Crippen LogP contribution is -2.38. The van der Waals surface area contributed by atoms with E-state index in [-0.39, 0.29) is 17.5 Å². The zero-order valence-electron chi connectivity index (χ0n) is 15.5. The standard InChI is InChI=1S/C21H24ClN3O2/c1-15-9-12-25(13-10-15)21(27)19-7-3-6-18(24-19)20(26)23-11-8-16-4-2-5-17(22)14-16/h2-7,14-15H,8-13H2,1H3,(H,23,26). The molecule has 0 atom stereocenters. The van der Waals surface area contributed by atoms with Crippen LogP contribution in [0.25, 0.3) is 0 Å². The molecule has 6 heteroatoms. The van der Waals surface area contributed by atoms with Crippen LogP contribution in [0.1, 0.15) is 46.3 Å². The van der Waals surface area contributed by atoms with Crippen molar-refractivity contribution < 1.29 is 9.59 Å². The van der Waals surface area contributed by atoms with Crippen molar-refractivity contribution in [2.75, 3.05) is 19.6 Å². The first-order chi connectivity index (χ1) is 13.0. The summed E-state index contributed by atoms with van der Waals surface area (Å²) in [5.74, 6) is 0.271. The molecular formula is C21H24ClN3O2. The molecule has 1 aromatic carbocycles. The van der Waals surface area contributed by atoms with Crippen molar-refractivity contribution in [1.82, 2.24) is 15.2 Å². The van der Waals surface area contributed by atoms with Crippen LogP contribution in [0, 0.1) is 5.92 Å². The van der Waals surface area contributed by atoms with Crippen molar-refractivity contribution in [3.8, 4) is 0 Å². The van der Waals surface area contributed by atoms with E-state index in [1.807, 2.05) is 29.2 Å². The zero-order valence-corrected chi connectivity index (χ0v) is 16.2. The minimum absolute atomic E-state index is 0.101. The van der Waals surface area contributed by atoms with E-state index in [1.54, 1.807) is 18.2 Å². The SMILES string of the molecule is CC1CCN(C(=O)c2cccc(C(=O)NCCc3cccc(Cl)c3)n2)CC1. The summed E-state index contributed by atoms with van der Waals surface area (Å²) in [4.78, 5) is 31.1. The molecule has 0 unspecified atom stereocenters. The Balaban J connectivity index is 1.57. The number of aromatic nitrogens is 1. The van der Waals surface area contributed by atoms with E-state index < -0.39 is 0 Å². The number of hydrogen-bond donors (Lipinski definition) is 1. The van der Waals surface area contributed by atoms with Gasteiger partial charge in [-0.1, -0.05) is 36.7 Å². The highest BCUT2D eigenvalue weighted by Crippen LogP contribution is 2.17. The number of piperidine rings is 1. The molecule has 1 N–H and O–H groups in total. The highest BCUT2D eigenvalue weighted by molar-refractivity contribution is 6.30. The number of amides is 2. The van der Waals surface area contributed by atoms with Gasteiger partial charge in [-0.3, -0.25) is 9.59 Å². The van der Waals surface area contributed by atoms with Crippen LogP contribution in [0.5, 0.6) is 0 Å². The number of nitrogens with zero attached hydrogens (tertiary/aromatic N) is 2. The van der Waals surface area contributed by atoms with Gasteiger partial charge in [-0.2, -0.15) is 0 Å². The van der Waals surface area contributed by atoms with Crippen LogP contribution in [0.4, 0.5) is 0 Å². The van der Waals surface area contributed by atoms with Gasteiger partial charge < -0.3 is 10.2 Å². The van der Waals surface area contributed by atoms with Gasteiger partial charge in [0.05, 0.1) is 0 Å². The summed E-state index contributed by atoms with van der Waals surface area (Å²) in [6, 6.07) is 12.6. The van der Waals surface area contributed by atoms with Crippen LogP contribution in [0.3, 0.4) is 0 Å². The van der Waals surface area contributed by atoms with Crippen molar-refractivity contribution in [2.45, 2.75) is 26.2 Å². The average molecular weight is 386 g/mol. The molecule has 1 fully saturated rings. The highest BCUT2D eigenvalue weighted by atomic mass is 35.5. The Morgan fingerprint density at radius 3 is 2.59 bits per heavy atom. The van der Waals surface area contributed by atoms with Crippen molar-refractivity contribution in [2.24, 2.45) is 5.92 Å². The van der Waals surface area contributed by atoms with E-state index in [0.29, 0.717) is 29.6 Å². The van der Waals surface area contributed by atoms with E-state index in [4.69, 9.17) is 11.6 Å². The van der Waals surface area contributed by atoms with Crippen molar-refractivity contribution >= 4 is 23.4 Å².